The maximum atomic E-state index is 12.6. The number of ether oxygens (including phenoxy) is 1. The monoisotopic (exact) mass is 512 g/mol. The molecule has 6 nitrogen and oxygen atoms in total. The average Bonchev–Trinajstić information content (AvgIpc) is 2.82. The van der Waals surface area contributed by atoms with Crippen molar-refractivity contribution in [2.75, 3.05) is 30.3 Å². The highest BCUT2D eigenvalue weighted by Gasteiger charge is 2.21. The molecule has 0 unspecified atom stereocenters. The number of hydrogen-bond donors (Lipinski definition) is 1. The van der Waals surface area contributed by atoms with Gasteiger partial charge in [-0.1, -0.05) is 48.2 Å². The first-order valence-electron chi connectivity index (χ1n) is 11.5. The third-order valence-corrected chi connectivity index (χ3v) is 7.69. The Kier molecular flexibility index (Phi) is 9.63. The maximum Gasteiger partial charge on any atom is 0.232 e. The number of carbonyl (C=O) groups excluding carboxylic acids is 1. The molecule has 0 radical (unpaired) electrons. The first-order chi connectivity index (χ1) is 16.7. The molecule has 0 aromatic heterocycles. The van der Waals surface area contributed by atoms with Crippen LogP contribution in [0.25, 0.3) is 0 Å². The number of para-hydroxylation sites is 1. The van der Waals surface area contributed by atoms with Gasteiger partial charge in [-0.15, -0.1) is 0 Å². The molecular formula is C27H32N2O4S2. The van der Waals surface area contributed by atoms with Crippen molar-refractivity contribution in [2.45, 2.75) is 36.5 Å². The van der Waals surface area contributed by atoms with Crippen LogP contribution in [0.15, 0.2) is 82.6 Å². The Bertz CT molecular complexity index is 1230. The van der Waals surface area contributed by atoms with Crippen LogP contribution in [0.2, 0.25) is 0 Å². The smallest absolute Gasteiger partial charge is 0.232 e. The maximum absolute atomic E-state index is 12.6. The number of nitrogens with zero attached hydrogens (tertiary/aromatic N) is 1. The summed E-state index contributed by atoms with van der Waals surface area (Å²) in [7, 11) is -3.52. The molecule has 1 N–H and O–H groups in total. The van der Waals surface area contributed by atoms with E-state index in [1.807, 2.05) is 80.6 Å². The largest absolute Gasteiger partial charge is 0.492 e. The van der Waals surface area contributed by atoms with E-state index in [9.17, 15) is 13.2 Å². The second-order valence-electron chi connectivity index (χ2n) is 8.27. The molecule has 0 bridgehead atoms. The van der Waals surface area contributed by atoms with Crippen LogP contribution >= 0.6 is 11.8 Å². The van der Waals surface area contributed by atoms with Gasteiger partial charge in [-0.3, -0.25) is 9.10 Å². The minimum atomic E-state index is -3.52. The summed E-state index contributed by atoms with van der Waals surface area (Å²) >= 11 is 1.51. The summed E-state index contributed by atoms with van der Waals surface area (Å²) in [5, 5.41) is 2.84. The lowest BCUT2D eigenvalue weighted by Crippen LogP contribution is -2.33. The highest BCUT2D eigenvalue weighted by Crippen LogP contribution is 2.36. The number of carbonyl (C=O) groups is 1. The van der Waals surface area contributed by atoms with Crippen LogP contribution in [-0.2, 0) is 14.8 Å². The van der Waals surface area contributed by atoms with Crippen molar-refractivity contribution in [3.8, 4) is 5.75 Å². The molecule has 0 heterocycles. The van der Waals surface area contributed by atoms with E-state index < -0.39 is 10.0 Å². The highest BCUT2D eigenvalue weighted by molar-refractivity contribution is 7.99. The van der Waals surface area contributed by atoms with Crippen LogP contribution in [0, 0.1) is 13.8 Å². The Morgan fingerprint density at radius 3 is 2.40 bits per heavy atom. The van der Waals surface area contributed by atoms with Gasteiger partial charge in [0, 0.05) is 22.8 Å². The van der Waals surface area contributed by atoms with Crippen LogP contribution in [0.5, 0.6) is 5.75 Å². The van der Waals surface area contributed by atoms with E-state index in [1.54, 1.807) is 6.07 Å². The SMILES string of the molecule is Cc1ccc(OCCNC(=O)CCCN(c2ccccc2Sc2ccccc2)S(C)(=O)=O)cc1C. The molecule has 0 fully saturated rings. The molecule has 3 aromatic rings. The minimum absolute atomic E-state index is 0.130. The van der Waals surface area contributed by atoms with E-state index in [1.165, 1.54) is 27.9 Å². The van der Waals surface area contributed by atoms with Gasteiger partial charge in [0.2, 0.25) is 15.9 Å². The zero-order valence-electron chi connectivity index (χ0n) is 20.4. The third kappa shape index (κ3) is 8.33. The van der Waals surface area contributed by atoms with Crippen LogP contribution in [0.1, 0.15) is 24.0 Å². The number of nitrogens with one attached hydrogen (secondary N) is 1. The van der Waals surface area contributed by atoms with E-state index in [2.05, 4.69) is 5.32 Å². The Hall–Kier alpha value is -2.97. The number of rotatable bonds is 12. The minimum Gasteiger partial charge on any atom is -0.492 e. The zero-order valence-corrected chi connectivity index (χ0v) is 22.0. The molecule has 0 aliphatic rings. The number of aryl methyl sites for hydroxylation is 2. The molecule has 1 amide bonds. The van der Waals surface area contributed by atoms with Crippen molar-refractivity contribution in [1.29, 1.82) is 0 Å². The lowest BCUT2D eigenvalue weighted by molar-refractivity contribution is -0.121. The summed E-state index contributed by atoms with van der Waals surface area (Å²) in [6.45, 7) is 5.05. The summed E-state index contributed by atoms with van der Waals surface area (Å²) in [5.74, 6) is 0.646. The van der Waals surface area contributed by atoms with Crippen molar-refractivity contribution < 1.29 is 17.9 Å². The van der Waals surface area contributed by atoms with Crippen molar-refractivity contribution >= 4 is 33.4 Å². The van der Waals surface area contributed by atoms with Gasteiger partial charge in [-0.2, -0.15) is 0 Å². The first-order valence-corrected chi connectivity index (χ1v) is 14.2. The van der Waals surface area contributed by atoms with Gasteiger partial charge in [0.05, 0.1) is 18.5 Å². The van der Waals surface area contributed by atoms with E-state index >= 15 is 0 Å². The molecule has 186 valence electrons. The fourth-order valence-corrected chi connectivity index (χ4v) is 5.48. The normalized spacial score (nSPS) is 11.2. The predicted molar refractivity (Wildman–Crippen MR) is 143 cm³/mol. The van der Waals surface area contributed by atoms with E-state index in [0.29, 0.717) is 25.3 Å². The van der Waals surface area contributed by atoms with Crippen LogP contribution < -0.4 is 14.4 Å². The van der Waals surface area contributed by atoms with Crippen LogP contribution in [0.3, 0.4) is 0 Å². The van der Waals surface area contributed by atoms with Gasteiger partial charge < -0.3 is 10.1 Å². The molecule has 0 aliphatic heterocycles. The molecule has 0 spiro atoms. The second kappa shape index (κ2) is 12.7. The van der Waals surface area contributed by atoms with E-state index in [4.69, 9.17) is 4.74 Å². The van der Waals surface area contributed by atoms with Crippen LogP contribution in [0.4, 0.5) is 5.69 Å². The molecule has 3 aromatic carbocycles. The molecule has 0 saturated heterocycles. The van der Waals surface area contributed by atoms with Gasteiger partial charge in [-0.05, 0) is 67.8 Å². The summed E-state index contributed by atoms with van der Waals surface area (Å²) in [6.07, 6.45) is 1.83. The Morgan fingerprint density at radius 2 is 1.69 bits per heavy atom. The standard InChI is InChI=1S/C27H32N2O4S2/c1-21-15-16-23(20-22(21)2)33-19-17-28-27(30)14-9-18-29(35(3,31)32)25-12-7-8-13-26(25)34-24-10-5-4-6-11-24/h4-8,10-13,15-16,20H,9,14,17-19H2,1-3H3,(H,28,30). The van der Waals surface area contributed by atoms with E-state index in [-0.39, 0.29) is 18.9 Å². The van der Waals surface area contributed by atoms with Crippen molar-refractivity contribution in [3.05, 3.63) is 83.9 Å². The van der Waals surface area contributed by atoms with Crippen molar-refractivity contribution in [3.63, 3.8) is 0 Å². The van der Waals surface area contributed by atoms with Gasteiger partial charge in [-0.25, -0.2) is 8.42 Å². The van der Waals surface area contributed by atoms with Crippen LogP contribution in [-0.4, -0.2) is 40.3 Å². The fraction of sp³-hybridized carbons (Fsp3) is 0.296. The second-order valence-corrected chi connectivity index (χ2v) is 11.3. The van der Waals surface area contributed by atoms with Gasteiger partial charge >= 0.3 is 0 Å². The lowest BCUT2D eigenvalue weighted by atomic mass is 10.1. The number of sulfonamides is 1. The molecule has 0 atom stereocenters. The fourth-order valence-electron chi connectivity index (χ4n) is 3.46. The Balaban J connectivity index is 1.52. The third-order valence-electron chi connectivity index (χ3n) is 5.44. The predicted octanol–water partition coefficient (Wildman–Crippen LogP) is 5.20. The van der Waals surface area contributed by atoms with Gasteiger partial charge in [0.15, 0.2) is 0 Å². The summed E-state index contributed by atoms with van der Waals surface area (Å²) in [5.41, 5.74) is 2.98. The molecule has 8 heteroatoms. The number of benzene rings is 3. The summed E-state index contributed by atoms with van der Waals surface area (Å²) in [4.78, 5) is 14.2. The number of amides is 1. The van der Waals surface area contributed by atoms with Gasteiger partial charge in [0.1, 0.15) is 12.4 Å². The quantitative estimate of drug-likeness (QED) is 0.338. The van der Waals surface area contributed by atoms with Crippen molar-refractivity contribution in [2.24, 2.45) is 0 Å². The first kappa shape index (κ1) is 26.6. The zero-order chi connectivity index (χ0) is 25.3. The summed E-state index contributed by atoms with van der Waals surface area (Å²) < 4.78 is 32.3. The molecule has 3 rings (SSSR count). The summed E-state index contributed by atoms with van der Waals surface area (Å²) in [6, 6.07) is 23.1. The highest BCUT2D eigenvalue weighted by atomic mass is 32.2. The Labute approximate surface area is 212 Å². The van der Waals surface area contributed by atoms with E-state index in [0.717, 1.165) is 21.1 Å². The molecule has 0 aliphatic carbocycles. The van der Waals surface area contributed by atoms with Crippen molar-refractivity contribution in [1.82, 2.24) is 5.32 Å². The lowest BCUT2D eigenvalue weighted by Gasteiger charge is -2.24. The number of anilines is 1. The molecule has 35 heavy (non-hydrogen) atoms. The molecular weight excluding hydrogens is 480 g/mol. The number of hydrogen-bond acceptors (Lipinski definition) is 5. The van der Waals surface area contributed by atoms with Gasteiger partial charge in [0.25, 0.3) is 0 Å². The Morgan fingerprint density at radius 1 is 0.971 bits per heavy atom. The average molecular weight is 513 g/mol. The molecule has 0 saturated carbocycles. The topological polar surface area (TPSA) is 75.7 Å².